The Hall–Kier alpha value is -0.710. The van der Waals surface area contributed by atoms with Gasteiger partial charge in [0.25, 0.3) is 0 Å². The molecule has 1 unspecified atom stereocenters. The van der Waals surface area contributed by atoms with Gasteiger partial charge >= 0.3 is 0 Å². The summed E-state index contributed by atoms with van der Waals surface area (Å²) in [6.07, 6.45) is 0.597. The van der Waals surface area contributed by atoms with Crippen molar-refractivity contribution < 1.29 is 4.79 Å². The van der Waals surface area contributed by atoms with Gasteiger partial charge in [-0.3, -0.25) is 4.79 Å². The summed E-state index contributed by atoms with van der Waals surface area (Å²) >= 11 is 7.54. The van der Waals surface area contributed by atoms with Crippen LogP contribution in [0.3, 0.4) is 0 Å². The summed E-state index contributed by atoms with van der Waals surface area (Å²) in [5, 5.41) is 4.09. The van der Waals surface area contributed by atoms with Crippen LogP contribution >= 0.6 is 23.4 Å². The highest BCUT2D eigenvalue weighted by Crippen LogP contribution is 2.21. The van der Waals surface area contributed by atoms with Crippen LogP contribution in [-0.2, 0) is 4.79 Å². The van der Waals surface area contributed by atoms with E-state index in [2.05, 4.69) is 12.2 Å². The Morgan fingerprint density at radius 2 is 2.21 bits per heavy atom. The van der Waals surface area contributed by atoms with Crippen LogP contribution in [-0.4, -0.2) is 42.2 Å². The molecule has 1 aromatic rings. The summed E-state index contributed by atoms with van der Waals surface area (Å²) in [5.74, 6) is 1.08. The molecule has 1 amide bonds. The minimum Gasteiger partial charge on any atom is -0.340 e. The largest absolute Gasteiger partial charge is 0.340 e. The molecule has 0 saturated carbocycles. The van der Waals surface area contributed by atoms with E-state index in [1.54, 1.807) is 11.8 Å². The third-order valence-electron chi connectivity index (χ3n) is 3.12. The maximum Gasteiger partial charge on any atom is 0.223 e. The summed E-state index contributed by atoms with van der Waals surface area (Å²) in [6, 6.07) is 8.14. The molecule has 1 aromatic carbocycles. The minimum absolute atomic E-state index is 0.259. The monoisotopic (exact) mass is 298 g/mol. The number of amides is 1. The third-order valence-corrected chi connectivity index (χ3v) is 4.39. The van der Waals surface area contributed by atoms with Crippen LogP contribution in [0, 0.1) is 0 Å². The first kappa shape index (κ1) is 14.7. The van der Waals surface area contributed by atoms with Crippen molar-refractivity contribution in [1.29, 1.82) is 0 Å². The average molecular weight is 299 g/mol. The zero-order chi connectivity index (χ0) is 13.7. The molecule has 19 heavy (non-hydrogen) atoms. The van der Waals surface area contributed by atoms with Gasteiger partial charge in [-0.25, -0.2) is 0 Å². The third kappa shape index (κ3) is 4.71. The summed E-state index contributed by atoms with van der Waals surface area (Å²) < 4.78 is 0. The molecule has 3 nitrogen and oxygen atoms in total. The zero-order valence-electron chi connectivity index (χ0n) is 11.1. The minimum atomic E-state index is 0.259. The lowest BCUT2D eigenvalue weighted by Crippen LogP contribution is -2.51. The predicted octanol–water partition coefficient (Wildman–Crippen LogP) is 2.64. The fourth-order valence-electron chi connectivity index (χ4n) is 2.10. The smallest absolute Gasteiger partial charge is 0.223 e. The van der Waals surface area contributed by atoms with Crippen LogP contribution in [0.4, 0.5) is 0 Å². The molecule has 1 heterocycles. The van der Waals surface area contributed by atoms with E-state index < -0.39 is 0 Å². The summed E-state index contributed by atoms with van der Waals surface area (Å²) in [4.78, 5) is 15.2. The van der Waals surface area contributed by atoms with Crippen molar-refractivity contribution >= 4 is 29.3 Å². The van der Waals surface area contributed by atoms with Crippen LogP contribution in [0.5, 0.6) is 0 Å². The molecule has 5 heteroatoms. The van der Waals surface area contributed by atoms with Gasteiger partial charge in [0.2, 0.25) is 5.91 Å². The lowest BCUT2D eigenvalue weighted by molar-refractivity contribution is -0.131. The molecule has 1 aliphatic rings. The highest BCUT2D eigenvalue weighted by Gasteiger charge is 2.19. The van der Waals surface area contributed by atoms with Gasteiger partial charge < -0.3 is 10.2 Å². The molecule has 1 saturated heterocycles. The highest BCUT2D eigenvalue weighted by molar-refractivity contribution is 7.99. The molecule has 104 valence electrons. The molecule has 1 N–H and O–H groups in total. The molecule has 1 fully saturated rings. The van der Waals surface area contributed by atoms with E-state index in [0.717, 1.165) is 35.3 Å². The predicted molar refractivity (Wildman–Crippen MR) is 80.8 cm³/mol. The molecule has 0 aromatic heterocycles. The maximum absolute atomic E-state index is 12.1. The number of carbonyl (C=O) groups is 1. The number of thioether (sulfide) groups is 1. The quantitative estimate of drug-likeness (QED) is 0.867. The lowest BCUT2D eigenvalue weighted by Gasteiger charge is -2.31. The molecule has 0 spiro atoms. The molecule has 0 radical (unpaired) electrons. The van der Waals surface area contributed by atoms with E-state index >= 15 is 0 Å². The number of piperazine rings is 1. The molecule has 2 rings (SSSR count). The van der Waals surface area contributed by atoms with Crippen molar-refractivity contribution in [3.8, 4) is 0 Å². The number of benzene rings is 1. The van der Waals surface area contributed by atoms with Crippen molar-refractivity contribution in [1.82, 2.24) is 10.2 Å². The lowest BCUT2D eigenvalue weighted by atomic mass is 10.2. The molecular weight excluding hydrogens is 280 g/mol. The van der Waals surface area contributed by atoms with E-state index in [-0.39, 0.29) is 5.91 Å². The average Bonchev–Trinajstić information content (AvgIpc) is 2.41. The standard InChI is InChI=1S/C14H19ClN2OS/c1-11-10-17(8-7-16-11)14(18)6-9-19-13-4-2-12(15)3-5-13/h2-5,11,16H,6-10H2,1H3. The van der Waals surface area contributed by atoms with E-state index in [1.165, 1.54) is 0 Å². The molecule has 0 aliphatic carbocycles. The van der Waals surface area contributed by atoms with Gasteiger partial charge in [-0.1, -0.05) is 11.6 Å². The second-order valence-electron chi connectivity index (χ2n) is 4.75. The SMILES string of the molecule is CC1CN(C(=O)CCSc2ccc(Cl)cc2)CCN1. The van der Waals surface area contributed by atoms with Crippen molar-refractivity contribution in [2.45, 2.75) is 24.3 Å². The first-order valence-electron chi connectivity index (χ1n) is 6.54. The zero-order valence-corrected chi connectivity index (χ0v) is 12.6. The van der Waals surface area contributed by atoms with Crippen LogP contribution in [0.2, 0.25) is 5.02 Å². The molecule has 1 atom stereocenters. The topological polar surface area (TPSA) is 32.3 Å². The van der Waals surface area contributed by atoms with Crippen LogP contribution < -0.4 is 5.32 Å². The Bertz CT molecular complexity index is 424. The van der Waals surface area contributed by atoms with Gasteiger partial charge in [-0.15, -0.1) is 11.8 Å². The summed E-state index contributed by atoms with van der Waals surface area (Å²) in [7, 11) is 0. The van der Waals surface area contributed by atoms with Crippen molar-refractivity contribution in [3.63, 3.8) is 0 Å². The van der Waals surface area contributed by atoms with Gasteiger partial charge in [-0.2, -0.15) is 0 Å². The van der Waals surface area contributed by atoms with Gasteiger partial charge in [0.1, 0.15) is 0 Å². The Kier molecular flexibility index (Phi) is 5.55. The number of rotatable bonds is 4. The summed E-state index contributed by atoms with van der Waals surface area (Å²) in [6.45, 7) is 4.67. The Balaban J connectivity index is 1.73. The van der Waals surface area contributed by atoms with Crippen LogP contribution in [0.1, 0.15) is 13.3 Å². The van der Waals surface area contributed by atoms with E-state index in [4.69, 9.17) is 11.6 Å². The number of halogens is 1. The number of hydrogen-bond acceptors (Lipinski definition) is 3. The van der Waals surface area contributed by atoms with Crippen molar-refractivity contribution in [2.75, 3.05) is 25.4 Å². The number of nitrogens with one attached hydrogen (secondary N) is 1. The first-order chi connectivity index (χ1) is 9.15. The van der Waals surface area contributed by atoms with E-state index in [9.17, 15) is 4.79 Å². The van der Waals surface area contributed by atoms with Gasteiger partial charge in [0.15, 0.2) is 0 Å². The second-order valence-corrected chi connectivity index (χ2v) is 6.35. The maximum atomic E-state index is 12.1. The first-order valence-corrected chi connectivity index (χ1v) is 7.91. The van der Waals surface area contributed by atoms with Crippen LogP contribution in [0.15, 0.2) is 29.2 Å². The Morgan fingerprint density at radius 1 is 1.47 bits per heavy atom. The van der Waals surface area contributed by atoms with Gasteiger partial charge in [0, 0.05) is 47.8 Å². The molecule has 0 bridgehead atoms. The van der Waals surface area contributed by atoms with E-state index in [0.29, 0.717) is 12.5 Å². The Labute approximate surface area is 123 Å². The Morgan fingerprint density at radius 3 is 2.89 bits per heavy atom. The van der Waals surface area contributed by atoms with E-state index in [1.807, 2.05) is 29.2 Å². The number of nitrogens with zero attached hydrogens (tertiary/aromatic N) is 1. The fraction of sp³-hybridized carbons (Fsp3) is 0.500. The van der Waals surface area contributed by atoms with Crippen LogP contribution in [0.25, 0.3) is 0 Å². The van der Waals surface area contributed by atoms with Crippen molar-refractivity contribution in [2.24, 2.45) is 0 Å². The van der Waals surface area contributed by atoms with Gasteiger partial charge in [0.05, 0.1) is 0 Å². The molecule has 1 aliphatic heterocycles. The number of carbonyl (C=O) groups excluding carboxylic acids is 1. The number of hydrogen-bond donors (Lipinski definition) is 1. The van der Waals surface area contributed by atoms with Gasteiger partial charge in [-0.05, 0) is 31.2 Å². The highest BCUT2D eigenvalue weighted by atomic mass is 35.5. The molecular formula is C14H19ClN2OS. The normalized spacial score (nSPS) is 19.5. The summed E-state index contributed by atoms with van der Waals surface area (Å²) in [5.41, 5.74) is 0. The fourth-order valence-corrected chi connectivity index (χ4v) is 3.07. The van der Waals surface area contributed by atoms with Crippen molar-refractivity contribution in [3.05, 3.63) is 29.3 Å². The second kappa shape index (κ2) is 7.17.